The van der Waals surface area contributed by atoms with E-state index in [2.05, 4.69) is 5.32 Å². The first-order valence-corrected chi connectivity index (χ1v) is 6.96. The number of carboxylic acids is 1. The molecular formula is C14H13FN2O3S. The number of benzene rings is 1. The van der Waals surface area contributed by atoms with Gasteiger partial charge >= 0.3 is 5.97 Å². The quantitative estimate of drug-likeness (QED) is 0.740. The average Bonchev–Trinajstić information content (AvgIpc) is 2.90. The predicted molar refractivity (Wildman–Crippen MR) is 77.6 cm³/mol. The van der Waals surface area contributed by atoms with Crippen LogP contribution in [0, 0.1) is 5.82 Å². The monoisotopic (exact) mass is 308 g/mol. The van der Waals surface area contributed by atoms with Gasteiger partial charge in [0.2, 0.25) is 0 Å². The van der Waals surface area contributed by atoms with Gasteiger partial charge in [-0.2, -0.15) is 0 Å². The third-order valence-electron chi connectivity index (χ3n) is 2.81. The maximum atomic E-state index is 13.7. The van der Waals surface area contributed by atoms with E-state index < -0.39 is 23.7 Å². The fraction of sp³-hybridized carbons (Fsp3) is 0.143. The molecule has 2 rings (SSSR count). The molecule has 1 heterocycles. The van der Waals surface area contributed by atoms with Gasteiger partial charge in [0.25, 0.3) is 5.91 Å². The zero-order valence-electron chi connectivity index (χ0n) is 10.9. The van der Waals surface area contributed by atoms with Crippen LogP contribution in [0.3, 0.4) is 0 Å². The maximum Gasteiger partial charge on any atom is 0.305 e. The average molecular weight is 308 g/mol. The second kappa shape index (κ2) is 6.36. The van der Waals surface area contributed by atoms with E-state index in [1.165, 1.54) is 23.5 Å². The van der Waals surface area contributed by atoms with Crippen LogP contribution in [0.1, 0.15) is 27.7 Å². The molecule has 0 fully saturated rings. The van der Waals surface area contributed by atoms with Crippen molar-refractivity contribution >= 4 is 28.9 Å². The highest BCUT2D eigenvalue weighted by Gasteiger charge is 2.21. The van der Waals surface area contributed by atoms with Gasteiger partial charge in [-0.3, -0.25) is 9.59 Å². The van der Waals surface area contributed by atoms with E-state index in [1.807, 2.05) is 0 Å². The van der Waals surface area contributed by atoms with Crippen LogP contribution in [-0.2, 0) is 4.79 Å². The number of hydrogen-bond acceptors (Lipinski definition) is 4. The zero-order valence-corrected chi connectivity index (χ0v) is 11.7. The van der Waals surface area contributed by atoms with Crippen LogP contribution >= 0.6 is 11.3 Å². The Labute approximate surface area is 124 Å². The van der Waals surface area contributed by atoms with Crippen LogP contribution in [-0.4, -0.2) is 17.0 Å². The van der Waals surface area contributed by atoms with Gasteiger partial charge in [-0.15, -0.1) is 11.3 Å². The molecule has 7 heteroatoms. The molecule has 0 saturated heterocycles. The molecule has 0 aliphatic heterocycles. The second-order valence-electron chi connectivity index (χ2n) is 4.38. The van der Waals surface area contributed by atoms with Crippen molar-refractivity contribution in [1.29, 1.82) is 0 Å². The van der Waals surface area contributed by atoms with Crippen LogP contribution in [0.25, 0.3) is 0 Å². The lowest BCUT2D eigenvalue weighted by atomic mass is 10.1. The summed E-state index contributed by atoms with van der Waals surface area (Å²) < 4.78 is 13.7. The molecule has 0 saturated carbocycles. The largest absolute Gasteiger partial charge is 0.481 e. The molecule has 1 aromatic carbocycles. The summed E-state index contributed by atoms with van der Waals surface area (Å²) in [6.45, 7) is 0. The van der Waals surface area contributed by atoms with E-state index in [4.69, 9.17) is 10.8 Å². The Morgan fingerprint density at radius 2 is 2.14 bits per heavy atom. The van der Waals surface area contributed by atoms with Gasteiger partial charge in [0, 0.05) is 10.6 Å². The molecule has 0 bridgehead atoms. The number of amides is 1. The van der Waals surface area contributed by atoms with Gasteiger partial charge < -0.3 is 16.2 Å². The molecule has 1 atom stereocenters. The minimum Gasteiger partial charge on any atom is -0.481 e. The van der Waals surface area contributed by atoms with Crippen molar-refractivity contribution in [2.45, 2.75) is 12.5 Å². The Kier molecular flexibility index (Phi) is 4.54. The van der Waals surface area contributed by atoms with E-state index in [9.17, 15) is 14.0 Å². The smallest absolute Gasteiger partial charge is 0.305 e. The molecule has 0 aliphatic carbocycles. The third kappa shape index (κ3) is 3.79. The van der Waals surface area contributed by atoms with Crippen molar-refractivity contribution < 1.29 is 19.1 Å². The minimum atomic E-state index is -1.05. The Bertz CT molecular complexity index is 658. The Morgan fingerprint density at radius 3 is 2.71 bits per heavy atom. The van der Waals surface area contributed by atoms with Gasteiger partial charge in [0.15, 0.2) is 0 Å². The molecule has 110 valence electrons. The number of carbonyl (C=O) groups is 2. The van der Waals surface area contributed by atoms with Gasteiger partial charge in [-0.25, -0.2) is 4.39 Å². The van der Waals surface area contributed by atoms with Crippen LogP contribution in [0.5, 0.6) is 0 Å². The number of nitrogen functional groups attached to an aromatic ring is 1. The number of rotatable bonds is 5. The van der Waals surface area contributed by atoms with Crippen LogP contribution in [0.2, 0.25) is 0 Å². The molecule has 1 unspecified atom stereocenters. The van der Waals surface area contributed by atoms with Crippen molar-refractivity contribution in [3.05, 3.63) is 52.0 Å². The summed E-state index contributed by atoms with van der Waals surface area (Å²) in [6, 6.07) is 6.50. The van der Waals surface area contributed by atoms with Crippen molar-refractivity contribution in [1.82, 2.24) is 5.32 Å². The number of carbonyl (C=O) groups excluding carboxylic acids is 1. The Morgan fingerprint density at radius 1 is 1.38 bits per heavy atom. The Balaban J connectivity index is 2.20. The Hall–Kier alpha value is -2.41. The number of hydrogen-bond donors (Lipinski definition) is 3. The number of thiophene rings is 1. The highest BCUT2D eigenvalue weighted by atomic mass is 32.1. The zero-order chi connectivity index (χ0) is 15.4. The number of nitrogens with two attached hydrogens (primary N) is 1. The maximum absolute atomic E-state index is 13.7. The lowest BCUT2D eigenvalue weighted by molar-refractivity contribution is -0.137. The minimum absolute atomic E-state index is 0.170. The molecule has 1 amide bonds. The molecule has 2 aromatic rings. The first kappa shape index (κ1) is 15.0. The number of carboxylic acid groups (broad SMARTS) is 1. The number of halogens is 1. The van der Waals surface area contributed by atoms with E-state index >= 15 is 0 Å². The van der Waals surface area contributed by atoms with Crippen molar-refractivity contribution in [3.8, 4) is 0 Å². The van der Waals surface area contributed by atoms with E-state index in [-0.39, 0.29) is 17.7 Å². The van der Waals surface area contributed by atoms with Gasteiger partial charge in [0.1, 0.15) is 5.82 Å². The number of nitrogens with one attached hydrogen (secondary N) is 1. The lowest BCUT2D eigenvalue weighted by Gasteiger charge is -2.16. The molecule has 0 radical (unpaired) electrons. The van der Waals surface area contributed by atoms with E-state index in [0.29, 0.717) is 4.88 Å². The summed E-state index contributed by atoms with van der Waals surface area (Å²) in [5, 5.41) is 13.2. The molecule has 1 aromatic heterocycles. The summed E-state index contributed by atoms with van der Waals surface area (Å²) in [7, 11) is 0. The second-order valence-corrected chi connectivity index (χ2v) is 5.36. The molecule has 0 spiro atoms. The summed E-state index contributed by atoms with van der Waals surface area (Å²) in [6.07, 6.45) is -0.275. The molecule has 5 nitrogen and oxygen atoms in total. The van der Waals surface area contributed by atoms with Crippen LogP contribution < -0.4 is 11.1 Å². The lowest BCUT2D eigenvalue weighted by Crippen LogP contribution is -2.30. The molecular weight excluding hydrogens is 295 g/mol. The van der Waals surface area contributed by atoms with E-state index in [1.54, 1.807) is 17.5 Å². The predicted octanol–water partition coefficient (Wildman–Crippen LogP) is 2.42. The molecule has 21 heavy (non-hydrogen) atoms. The summed E-state index contributed by atoms with van der Waals surface area (Å²) in [4.78, 5) is 23.7. The van der Waals surface area contributed by atoms with Crippen molar-refractivity contribution in [3.63, 3.8) is 0 Å². The topological polar surface area (TPSA) is 92.4 Å². The highest BCUT2D eigenvalue weighted by molar-refractivity contribution is 7.10. The third-order valence-corrected chi connectivity index (χ3v) is 3.79. The highest BCUT2D eigenvalue weighted by Crippen LogP contribution is 2.23. The fourth-order valence-corrected chi connectivity index (χ4v) is 2.62. The summed E-state index contributed by atoms with van der Waals surface area (Å²) in [5.74, 6) is -2.47. The van der Waals surface area contributed by atoms with Crippen molar-refractivity contribution in [2.75, 3.05) is 5.73 Å². The normalized spacial score (nSPS) is 11.9. The molecule has 0 aliphatic rings. The van der Waals surface area contributed by atoms with Gasteiger partial charge in [-0.1, -0.05) is 6.07 Å². The van der Waals surface area contributed by atoms with Crippen LogP contribution in [0.4, 0.5) is 10.1 Å². The van der Waals surface area contributed by atoms with E-state index in [0.717, 1.165) is 6.07 Å². The molecule has 4 N–H and O–H groups in total. The number of anilines is 1. The van der Waals surface area contributed by atoms with Gasteiger partial charge in [-0.05, 0) is 29.6 Å². The first-order chi connectivity index (χ1) is 9.97. The standard InChI is InChI=1S/C14H13FN2O3S/c15-10-6-8(16)3-4-9(10)14(20)17-11(7-13(18)19)12-2-1-5-21-12/h1-6,11H,7,16H2,(H,17,20)(H,18,19). The van der Waals surface area contributed by atoms with Crippen LogP contribution in [0.15, 0.2) is 35.7 Å². The fourth-order valence-electron chi connectivity index (χ4n) is 1.84. The first-order valence-electron chi connectivity index (χ1n) is 6.08. The summed E-state index contributed by atoms with van der Waals surface area (Å²) >= 11 is 1.33. The number of aliphatic carboxylic acids is 1. The van der Waals surface area contributed by atoms with Crippen molar-refractivity contribution in [2.24, 2.45) is 0 Å². The van der Waals surface area contributed by atoms with Gasteiger partial charge in [0.05, 0.1) is 18.0 Å². The summed E-state index contributed by atoms with van der Waals surface area (Å²) in [5.41, 5.74) is 5.47. The SMILES string of the molecule is Nc1ccc(C(=O)NC(CC(=O)O)c2cccs2)c(F)c1.